The molecular weight excluding hydrogens is 195 g/mol. The number of aromatic hydroxyl groups is 1. The van der Waals surface area contributed by atoms with Crippen LogP contribution in [0.2, 0.25) is 0 Å². The monoisotopic (exact) mass is 204 g/mol. The summed E-state index contributed by atoms with van der Waals surface area (Å²) in [4.78, 5) is 1.58. The normalized spacial score (nSPS) is 11.5. The summed E-state index contributed by atoms with van der Waals surface area (Å²) in [7, 11) is 3.33. The molecule has 1 aromatic rings. The van der Waals surface area contributed by atoms with E-state index in [-0.39, 0.29) is 0 Å². The number of phenols is 1. The lowest BCUT2D eigenvalue weighted by atomic mass is 10.1. The Morgan fingerprint density at radius 2 is 1.93 bits per heavy atom. The van der Waals surface area contributed by atoms with Gasteiger partial charge in [0.1, 0.15) is 11.3 Å². The van der Waals surface area contributed by atoms with Crippen molar-refractivity contribution in [1.82, 2.24) is 0 Å². The molecule has 0 aliphatic heterocycles. The second-order valence-electron chi connectivity index (χ2n) is 3.01. The van der Waals surface area contributed by atoms with Gasteiger partial charge >= 0.3 is 6.18 Å². The lowest BCUT2D eigenvalue weighted by Gasteiger charge is -2.14. The maximum Gasteiger partial charge on any atom is 0.420 e. The van der Waals surface area contributed by atoms with E-state index in [1.165, 1.54) is 6.07 Å². The lowest BCUT2D eigenvalue weighted by Crippen LogP contribution is -2.10. The predicted octanol–water partition coefficient (Wildman–Crippen LogP) is 2.28. The van der Waals surface area contributed by atoms with E-state index < -0.39 is 17.5 Å². The summed E-state index contributed by atoms with van der Waals surface area (Å²) in [5.41, 5.74) is -0.668. The highest BCUT2D eigenvalue weighted by Crippen LogP contribution is 2.36. The van der Waals surface area contributed by atoms with E-state index >= 15 is 0 Å². The van der Waals surface area contributed by atoms with Gasteiger partial charge in [0.15, 0.2) is 0 Å². The highest BCUT2D eigenvalue weighted by Gasteiger charge is 2.34. The number of anilines is 1. The number of hydrogen-bond acceptors (Lipinski definition) is 2. The number of halogens is 3. The zero-order valence-electron chi connectivity index (χ0n) is 7.68. The molecule has 0 fully saturated rings. The Balaban J connectivity index is 3.15. The molecule has 1 rings (SSSR count). The molecule has 0 saturated heterocycles. The van der Waals surface area contributed by atoms with Crippen LogP contribution in [0.3, 0.4) is 0 Å². The van der Waals surface area contributed by atoms with Gasteiger partial charge in [-0.05, 0) is 6.07 Å². The van der Waals surface area contributed by atoms with E-state index in [9.17, 15) is 13.2 Å². The van der Waals surface area contributed by atoms with Crippen molar-refractivity contribution in [2.45, 2.75) is 6.18 Å². The minimum absolute atomic E-state index is 0.468. The molecule has 0 heterocycles. The van der Waals surface area contributed by atoms with E-state index in [2.05, 4.69) is 0 Å². The first-order chi connectivity index (χ1) is 6.32. The number of alkyl halides is 3. The summed E-state index contributed by atoms with van der Waals surface area (Å²) in [5, 5.41) is 9.10. The molecule has 14 heavy (non-hydrogen) atoms. The molecular formula is C9H9F3NO. The molecule has 1 radical (unpaired) electrons. The molecule has 0 amide bonds. The fraction of sp³-hybridized carbons (Fsp3) is 0.333. The first-order valence-corrected chi connectivity index (χ1v) is 3.81. The molecule has 0 atom stereocenters. The van der Waals surface area contributed by atoms with Gasteiger partial charge in [-0.1, -0.05) is 0 Å². The minimum Gasteiger partial charge on any atom is -0.507 e. The van der Waals surface area contributed by atoms with Crippen LogP contribution in [0.15, 0.2) is 12.1 Å². The molecule has 1 aromatic carbocycles. The van der Waals surface area contributed by atoms with Crippen molar-refractivity contribution in [2.24, 2.45) is 0 Å². The molecule has 0 aliphatic carbocycles. The highest BCUT2D eigenvalue weighted by atomic mass is 19.4. The summed E-state index contributed by atoms with van der Waals surface area (Å²) in [5.74, 6) is -0.802. The summed E-state index contributed by atoms with van der Waals surface area (Å²) in [6, 6.07) is 4.25. The van der Waals surface area contributed by atoms with Gasteiger partial charge in [0, 0.05) is 31.9 Å². The zero-order valence-corrected chi connectivity index (χ0v) is 7.68. The quantitative estimate of drug-likeness (QED) is 0.758. The molecule has 0 spiro atoms. The van der Waals surface area contributed by atoms with Crippen LogP contribution in [0, 0.1) is 6.07 Å². The first kappa shape index (κ1) is 10.7. The Morgan fingerprint density at radius 3 is 2.29 bits per heavy atom. The van der Waals surface area contributed by atoms with Gasteiger partial charge in [0.2, 0.25) is 0 Å². The van der Waals surface area contributed by atoms with Crippen LogP contribution in [0.4, 0.5) is 18.9 Å². The van der Waals surface area contributed by atoms with Crippen molar-refractivity contribution in [3.8, 4) is 5.75 Å². The number of benzene rings is 1. The Kier molecular flexibility index (Phi) is 2.59. The highest BCUT2D eigenvalue weighted by molar-refractivity contribution is 5.52. The number of nitrogens with zero attached hydrogens (tertiary/aromatic N) is 1. The van der Waals surface area contributed by atoms with Gasteiger partial charge in [-0.15, -0.1) is 0 Å². The minimum atomic E-state index is -4.56. The van der Waals surface area contributed by atoms with Crippen molar-refractivity contribution in [1.29, 1.82) is 0 Å². The summed E-state index contributed by atoms with van der Waals surface area (Å²) in [6.07, 6.45) is -4.56. The maximum absolute atomic E-state index is 12.2. The van der Waals surface area contributed by atoms with Gasteiger partial charge in [-0.2, -0.15) is 13.2 Å². The molecule has 2 nitrogen and oxygen atoms in total. The van der Waals surface area contributed by atoms with E-state index in [0.29, 0.717) is 5.69 Å². The van der Waals surface area contributed by atoms with Crippen LogP contribution in [-0.2, 0) is 6.18 Å². The van der Waals surface area contributed by atoms with Gasteiger partial charge in [0.05, 0.1) is 0 Å². The second-order valence-corrected chi connectivity index (χ2v) is 3.01. The van der Waals surface area contributed by atoms with E-state index in [1.807, 2.05) is 6.07 Å². The van der Waals surface area contributed by atoms with E-state index in [0.717, 1.165) is 6.07 Å². The fourth-order valence-corrected chi connectivity index (χ4v) is 0.959. The number of rotatable bonds is 1. The summed E-state index contributed by atoms with van der Waals surface area (Å²) >= 11 is 0. The standard InChI is InChI=1S/C9H9F3NO/c1-13(2)6-3-4-7(8(14)5-6)9(10,11)12/h3,5,14H,1-2H3. The van der Waals surface area contributed by atoms with Crippen LogP contribution in [0.5, 0.6) is 5.75 Å². The fourth-order valence-electron chi connectivity index (χ4n) is 0.959. The maximum atomic E-state index is 12.2. The van der Waals surface area contributed by atoms with Crippen molar-refractivity contribution in [3.63, 3.8) is 0 Å². The first-order valence-electron chi connectivity index (χ1n) is 3.81. The second kappa shape index (κ2) is 3.40. The average Bonchev–Trinajstić information content (AvgIpc) is 2.01. The van der Waals surface area contributed by atoms with Gasteiger partial charge in [-0.3, -0.25) is 0 Å². The van der Waals surface area contributed by atoms with Crippen molar-refractivity contribution in [2.75, 3.05) is 19.0 Å². The largest absolute Gasteiger partial charge is 0.507 e. The van der Waals surface area contributed by atoms with Crippen molar-refractivity contribution in [3.05, 3.63) is 23.8 Å². The topological polar surface area (TPSA) is 23.5 Å². The average molecular weight is 204 g/mol. The van der Waals surface area contributed by atoms with Crippen molar-refractivity contribution < 1.29 is 18.3 Å². The number of phenolic OH excluding ortho intramolecular Hbond substituents is 1. The third-order valence-electron chi connectivity index (χ3n) is 1.71. The summed E-state index contributed by atoms with van der Waals surface area (Å²) in [6.45, 7) is 0. The predicted molar refractivity (Wildman–Crippen MR) is 46.3 cm³/mol. The van der Waals surface area contributed by atoms with E-state index in [1.54, 1.807) is 19.0 Å². The van der Waals surface area contributed by atoms with Crippen LogP contribution in [0.25, 0.3) is 0 Å². The SMILES string of the molecule is CN(C)c1c[c]c(C(F)(F)F)c(O)c1. The van der Waals surface area contributed by atoms with Gasteiger partial charge < -0.3 is 10.0 Å². The van der Waals surface area contributed by atoms with Crippen LogP contribution >= 0.6 is 0 Å². The molecule has 5 heteroatoms. The number of hydrogen-bond donors (Lipinski definition) is 1. The van der Waals surface area contributed by atoms with Crippen LogP contribution in [-0.4, -0.2) is 19.2 Å². The van der Waals surface area contributed by atoms with Crippen LogP contribution < -0.4 is 4.90 Å². The molecule has 0 bridgehead atoms. The van der Waals surface area contributed by atoms with Gasteiger partial charge in [-0.25, -0.2) is 0 Å². The Hall–Kier alpha value is -1.39. The van der Waals surface area contributed by atoms with Crippen molar-refractivity contribution >= 4 is 5.69 Å². The van der Waals surface area contributed by atoms with Gasteiger partial charge in [0.25, 0.3) is 0 Å². The Morgan fingerprint density at radius 1 is 1.36 bits per heavy atom. The molecule has 0 saturated carbocycles. The Bertz CT molecular complexity index is 333. The Labute approximate surface area is 79.6 Å². The summed E-state index contributed by atoms with van der Waals surface area (Å²) < 4.78 is 36.5. The molecule has 0 unspecified atom stereocenters. The van der Waals surface area contributed by atoms with Crippen LogP contribution in [0.1, 0.15) is 5.56 Å². The molecule has 0 aromatic heterocycles. The third kappa shape index (κ3) is 2.10. The molecule has 1 N–H and O–H groups in total. The van der Waals surface area contributed by atoms with E-state index in [4.69, 9.17) is 5.11 Å². The lowest BCUT2D eigenvalue weighted by molar-refractivity contribution is -0.139. The smallest absolute Gasteiger partial charge is 0.420 e. The zero-order chi connectivity index (χ0) is 10.9. The molecule has 77 valence electrons. The third-order valence-corrected chi connectivity index (χ3v) is 1.71. The molecule has 0 aliphatic rings.